The van der Waals surface area contributed by atoms with Crippen LogP contribution >= 0.6 is 0 Å². The van der Waals surface area contributed by atoms with Gasteiger partial charge in [-0.2, -0.15) is 0 Å². The van der Waals surface area contributed by atoms with Crippen LogP contribution in [0.15, 0.2) is 42.5 Å². The molecule has 2 rings (SSSR count). The number of hydrogen-bond acceptors (Lipinski definition) is 3. The van der Waals surface area contributed by atoms with E-state index in [1.54, 1.807) is 7.11 Å². The van der Waals surface area contributed by atoms with E-state index in [-0.39, 0.29) is 0 Å². The van der Waals surface area contributed by atoms with Crippen LogP contribution in [0.3, 0.4) is 0 Å². The second-order valence-corrected chi connectivity index (χ2v) is 5.37. The summed E-state index contributed by atoms with van der Waals surface area (Å²) in [4.78, 5) is 2.27. The summed E-state index contributed by atoms with van der Waals surface area (Å²) in [6.07, 6.45) is 0.907. The van der Waals surface area contributed by atoms with E-state index in [0.717, 1.165) is 18.7 Å². The highest BCUT2D eigenvalue weighted by Crippen LogP contribution is 2.23. The van der Waals surface area contributed by atoms with Crippen molar-refractivity contribution < 1.29 is 4.74 Å². The molecule has 0 aromatic heterocycles. The molecule has 3 heteroatoms. The van der Waals surface area contributed by atoms with Crippen molar-refractivity contribution in [3.63, 3.8) is 0 Å². The molecular weight excluding hydrogens is 260 g/mol. The molecule has 0 saturated heterocycles. The molecule has 0 saturated carbocycles. The zero-order chi connectivity index (χ0) is 15.2. The monoisotopic (exact) mass is 284 g/mol. The molecule has 0 aliphatic carbocycles. The minimum atomic E-state index is 0.673. The van der Waals surface area contributed by atoms with Crippen LogP contribution in [-0.4, -0.2) is 20.7 Å². The molecule has 2 aromatic carbocycles. The minimum absolute atomic E-state index is 0.673. The smallest absolute Gasteiger partial charge is 0.118 e. The Labute approximate surface area is 127 Å². The highest BCUT2D eigenvalue weighted by molar-refractivity contribution is 5.55. The van der Waals surface area contributed by atoms with Crippen LogP contribution < -0.4 is 15.4 Å². The lowest BCUT2D eigenvalue weighted by atomic mass is 10.0. The summed E-state index contributed by atoms with van der Waals surface area (Å²) in [7, 11) is 3.81. The summed E-state index contributed by atoms with van der Waals surface area (Å²) in [6, 6.07) is 14.8. The SMILES string of the molecule is COc1ccc(CN(C)c2ccc(C)cc2CCN)cc1. The number of aryl methyl sites for hydroxylation is 1. The predicted molar refractivity (Wildman–Crippen MR) is 89.0 cm³/mol. The largest absolute Gasteiger partial charge is 0.497 e. The highest BCUT2D eigenvalue weighted by Gasteiger charge is 2.08. The number of methoxy groups -OCH3 is 1. The average Bonchev–Trinajstić information content (AvgIpc) is 2.48. The van der Waals surface area contributed by atoms with E-state index >= 15 is 0 Å². The Morgan fingerprint density at radius 3 is 2.43 bits per heavy atom. The molecule has 2 aromatic rings. The summed E-state index contributed by atoms with van der Waals surface area (Å²) in [5, 5.41) is 0. The van der Waals surface area contributed by atoms with Crippen molar-refractivity contribution in [2.45, 2.75) is 19.9 Å². The van der Waals surface area contributed by atoms with E-state index in [9.17, 15) is 0 Å². The average molecular weight is 284 g/mol. The molecule has 0 fully saturated rings. The van der Waals surface area contributed by atoms with E-state index in [1.165, 1.54) is 22.4 Å². The predicted octanol–water partition coefficient (Wildman–Crippen LogP) is 3.14. The summed E-state index contributed by atoms with van der Waals surface area (Å²) >= 11 is 0. The van der Waals surface area contributed by atoms with Gasteiger partial charge in [0.05, 0.1) is 7.11 Å². The van der Waals surface area contributed by atoms with Gasteiger partial charge in [0.25, 0.3) is 0 Å². The molecule has 0 atom stereocenters. The first-order chi connectivity index (χ1) is 10.1. The summed E-state index contributed by atoms with van der Waals surface area (Å²) in [5.41, 5.74) is 10.8. The lowest BCUT2D eigenvalue weighted by molar-refractivity contribution is 0.414. The van der Waals surface area contributed by atoms with Gasteiger partial charge in [0.2, 0.25) is 0 Å². The topological polar surface area (TPSA) is 38.5 Å². The first-order valence-electron chi connectivity index (χ1n) is 7.27. The normalized spacial score (nSPS) is 10.5. The van der Waals surface area contributed by atoms with Crippen molar-refractivity contribution in [1.29, 1.82) is 0 Å². The van der Waals surface area contributed by atoms with Crippen LogP contribution in [0.4, 0.5) is 5.69 Å². The molecule has 2 N–H and O–H groups in total. The third-order valence-electron chi connectivity index (χ3n) is 3.64. The van der Waals surface area contributed by atoms with Crippen molar-refractivity contribution in [2.24, 2.45) is 5.73 Å². The number of benzene rings is 2. The Morgan fingerprint density at radius 1 is 1.10 bits per heavy atom. The van der Waals surface area contributed by atoms with Gasteiger partial charge in [-0.05, 0) is 49.2 Å². The Hall–Kier alpha value is -2.00. The van der Waals surface area contributed by atoms with Gasteiger partial charge in [-0.15, -0.1) is 0 Å². The lowest BCUT2D eigenvalue weighted by Crippen LogP contribution is -2.19. The second kappa shape index (κ2) is 7.14. The van der Waals surface area contributed by atoms with Crippen molar-refractivity contribution in [3.8, 4) is 5.75 Å². The van der Waals surface area contributed by atoms with Gasteiger partial charge in [0, 0.05) is 19.3 Å². The standard InChI is InChI=1S/C18H24N2O/c1-14-4-9-18(16(12-14)10-11-19)20(2)13-15-5-7-17(21-3)8-6-15/h4-9,12H,10-11,13,19H2,1-3H3. The van der Waals surface area contributed by atoms with Gasteiger partial charge in [-0.25, -0.2) is 0 Å². The fourth-order valence-corrected chi connectivity index (χ4v) is 2.53. The van der Waals surface area contributed by atoms with Crippen LogP contribution in [0, 0.1) is 6.92 Å². The van der Waals surface area contributed by atoms with E-state index in [1.807, 2.05) is 12.1 Å². The first-order valence-corrected chi connectivity index (χ1v) is 7.27. The zero-order valence-electron chi connectivity index (χ0n) is 13.1. The van der Waals surface area contributed by atoms with E-state index in [0.29, 0.717) is 6.54 Å². The fraction of sp³-hybridized carbons (Fsp3) is 0.333. The molecule has 0 aliphatic heterocycles. The molecule has 0 amide bonds. The maximum atomic E-state index is 5.73. The Morgan fingerprint density at radius 2 is 1.81 bits per heavy atom. The number of nitrogens with zero attached hydrogens (tertiary/aromatic N) is 1. The summed E-state index contributed by atoms with van der Waals surface area (Å²) < 4.78 is 5.20. The molecule has 0 aliphatic rings. The van der Waals surface area contributed by atoms with Crippen molar-refractivity contribution in [1.82, 2.24) is 0 Å². The quantitative estimate of drug-likeness (QED) is 0.885. The van der Waals surface area contributed by atoms with Crippen LogP contribution in [0.1, 0.15) is 16.7 Å². The van der Waals surface area contributed by atoms with Crippen LogP contribution in [-0.2, 0) is 13.0 Å². The highest BCUT2D eigenvalue weighted by atomic mass is 16.5. The number of nitrogens with two attached hydrogens (primary N) is 1. The summed E-state index contributed by atoms with van der Waals surface area (Å²) in [6.45, 7) is 3.66. The summed E-state index contributed by atoms with van der Waals surface area (Å²) in [5.74, 6) is 0.889. The molecule has 112 valence electrons. The molecule has 0 heterocycles. The zero-order valence-corrected chi connectivity index (χ0v) is 13.1. The third kappa shape index (κ3) is 3.99. The number of ether oxygens (including phenoxy) is 1. The van der Waals surface area contributed by atoms with Crippen molar-refractivity contribution in [3.05, 3.63) is 59.2 Å². The Bertz CT molecular complexity index is 578. The van der Waals surface area contributed by atoms with Gasteiger partial charge < -0.3 is 15.4 Å². The minimum Gasteiger partial charge on any atom is -0.497 e. The maximum absolute atomic E-state index is 5.73. The van der Waals surface area contributed by atoms with E-state index in [4.69, 9.17) is 10.5 Å². The number of hydrogen-bond donors (Lipinski definition) is 1. The molecule has 0 unspecified atom stereocenters. The number of anilines is 1. The second-order valence-electron chi connectivity index (χ2n) is 5.37. The first kappa shape index (κ1) is 15.4. The lowest BCUT2D eigenvalue weighted by Gasteiger charge is -2.23. The van der Waals surface area contributed by atoms with Gasteiger partial charge in [-0.3, -0.25) is 0 Å². The third-order valence-corrected chi connectivity index (χ3v) is 3.64. The van der Waals surface area contributed by atoms with Crippen LogP contribution in [0.25, 0.3) is 0 Å². The molecule has 3 nitrogen and oxygen atoms in total. The van der Waals surface area contributed by atoms with Gasteiger partial charge in [-0.1, -0.05) is 29.8 Å². The Kier molecular flexibility index (Phi) is 5.23. The molecule has 21 heavy (non-hydrogen) atoms. The van der Waals surface area contributed by atoms with Crippen LogP contribution in [0.2, 0.25) is 0 Å². The van der Waals surface area contributed by atoms with Gasteiger partial charge in [0.15, 0.2) is 0 Å². The van der Waals surface area contributed by atoms with Crippen molar-refractivity contribution in [2.75, 3.05) is 25.6 Å². The molecule has 0 spiro atoms. The van der Waals surface area contributed by atoms with Gasteiger partial charge >= 0.3 is 0 Å². The molecule has 0 bridgehead atoms. The molecule has 0 radical (unpaired) electrons. The van der Waals surface area contributed by atoms with Crippen molar-refractivity contribution >= 4 is 5.69 Å². The van der Waals surface area contributed by atoms with Gasteiger partial charge in [0.1, 0.15) is 5.75 Å². The maximum Gasteiger partial charge on any atom is 0.118 e. The number of rotatable bonds is 6. The van der Waals surface area contributed by atoms with Crippen LogP contribution in [0.5, 0.6) is 5.75 Å². The van der Waals surface area contributed by atoms with E-state index < -0.39 is 0 Å². The Balaban J connectivity index is 2.16. The fourth-order valence-electron chi connectivity index (χ4n) is 2.53. The van der Waals surface area contributed by atoms with E-state index in [2.05, 4.69) is 49.2 Å². The molecular formula is C18H24N2O.